The summed E-state index contributed by atoms with van der Waals surface area (Å²) in [5.41, 5.74) is 1.52. The van der Waals surface area contributed by atoms with Crippen molar-refractivity contribution in [2.75, 3.05) is 0 Å². The Morgan fingerprint density at radius 1 is 1.33 bits per heavy atom. The van der Waals surface area contributed by atoms with E-state index in [-0.39, 0.29) is 31.1 Å². The first-order chi connectivity index (χ1) is 11.3. The number of benzene rings is 1. The molecule has 0 spiro atoms. The lowest BCUT2D eigenvalue weighted by molar-refractivity contribution is -0.0459. The van der Waals surface area contributed by atoms with Gasteiger partial charge in [0.15, 0.2) is 5.82 Å². The summed E-state index contributed by atoms with van der Waals surface area (Å²) in [6, 6.07) is 4.36. The molecule has 0 aliphatic heterocycles. The highest BCUT2D eigenvalue weighted by molar-refractivity contribution is 5.26. The van der Waals surface area contributed by atoms with E-state index in [4.69, 9.17) is 4.52 Å². The summed E-state index contributed by atoms with van der Waals surface area (Å²) in [5.74, 6) is -2.98. The molecule has 1 aliphatic carbocycles. The maximum absolute atomic E-state index is 13.2. The van der Waals surface area contributed by atoms with Crippen molar-refractivity contribution in [2.45, 2.75) is 51.5 Å². The molecule has 0 unspecified atom stereocenters. The molecule has 1 fully saturated rings. The van der Waals surface area contributed by atoms with Crippen molar-refractivity contribution in [3.05, 3.63) is 51.5 Å². The maximum atomic E-state index is 13.2. The molecule has 0 atom stereocenters. The first-order valence-electron chi connectivity index (χ1n) is 8.02. The minimum Gasteiger partial charge on any atom is -0.296 e. The summed E-state index contributed by atoms with van der Waals surface area (Å²) < 4.78 is 45.8. The monoisotopic (exact) mass is 340 g/mol. The molecule has 4 nitrogen and oxygen atoms in total. The molecule has 1 heterocycles. The van der Waals surface area contributed by atoms with Crippen LogP contribution in [0.1, 0.15) is 42.6 Å². The average Bonchev–Trinajstić information content (AvgIpc) is 2.85. The lowest BCUT2D eigenvalue weighted by Gasteiger charge is -2.27. The van der Waals surface area contributed by atoms with E-state index in [0.29, 0.717) is 25.1 Å². The fourth-order valence-electron chi connectivity index (χ4n) is 3.17. The van der Waals surface area contributed by atoms with Crippen LogP contribution in [0, 0.1) is 18.7 Å². The quantitative estimate of drug-likeness (QED) is 0.853. The molecule has 24 heavy (non-hydrogen) atoms. The zero-order chi connectivity index (χ0) is 17.3. The van der Waals surface area contributed by atoms with Gasteiger partial charge in [-0.3, -0.25) is 9.09 Å². The van der Waals surface area contributed by atoms with Crippen LogP contribution in [0.2, 0.25) is 0 Å². The Morgan fingerprint density at radius 3 is 2.71 bits per heavy atom. The molecular weight excluding hydrogens is 321 g/mol. The van der Waals surface area contributed by atoms with Crippen LogP contribution >= 0.6 is 0 Å². The van der Waals surface area contributed by atoms with Gasteiger partial charge in [0.2, 0.25) is 5.92 Å². The lowest BCUT2D eigenvalue weighted by atomic mass is 9.84. The van der Waals surface area contributed by atoms with Gasteiger partial charge in [-0.15, -0.1) is 0 Å². The predicted octanol–water partition coefficient (Wildman–Crippen LogP) is 3.70. The summed E-state index contributed by atoms with van der Waals surface area (Å²) in [6.07, 6.45) is 0.989. The average molecular weight is 340 g/mol. The molecule has 0 N–H and O–H groups in total. The molecule has 130 valence electrons. The summed E-state index contributed by atoms with van der Waals surface area (Å²) in [5, 5.41) is 3.80. The highest BCUT2D eigenvalue weighted by atomic mass is 19.3. The number of alkyl halides is 2. The Kier molecular flexibility index (Phi) is 4.51. The van der Waals surface area contributed by atoms with Gasteiger partial charge in [0.25, 0.3) is 0 Å². The molecule has 0 amide bonds. The predicted molar refractivity (Wildman–Crippen MR) is 81.6 cm³/mol. The van der Waals surface area contributed by atoms with E-state index in [1.807, 2.05) is 0 Å². The Morgan fingerprint density at radius 2 is 2.04 bits per heavy atom. The minimum absolute atomic E-state index is 0.0645. The largest absolute Gasteiger partial charge is 0.441 e. The van der Waals surface area contributed by atoms with E-state index in [9.17, 15) is 18.0 Å². The van der Waals surface area contributed by atoms with E-state index in [1.54, 1.807) is 13.0 Å². The van der Waals surface area contributed by atoms with Crippen molar-refractivity contribution in [2.24, 2.45) is 5.92 Å². The number of nitrogens with zero attached hydrogens (tertiary/aromatic N) is 2. The van der Waals surface area contributed by atoms with Crippen LogP contribution in [0.5, 0.6) is 0 Å². The molecule has 2 aromatic rings. The Balaban J connectivity index is 1.76. The Bertz CT molecular complexity index is 772. The fraction of sp³-hybridized carbons (Fsp3) is 0.529. The van der Waals surface area contributed by atoms with Crippen LogP contribution in [-0.4, -0.2) is 15.6 Å². The zero-order valence-electron chi connectivity index (χ0n) is 13.4. The van der Waals surface area contributed by atoms with E-state index in [0.717, 1.165) is 11.1 Å². The van der Waals surface area contributed by atoms with Crippen molar-refractivity contribution >= 4 is 0 Å². The highest BCUT2D eigenvalue weighted by Gasteiger charge is 2.35. The third kappa shape index (κ3) is 3.71. The molecule has 1 aromatic carbocycles. The molecule has 3 rings (SSSR count). The van der Waals surface area contributed by atoms with Gasteiger partial charge in [0.1, 0.15) is 5.82 Å². The van der Waals surface area contributed by atoms with Crippen molar-refractivity contribution < 1.29 is 17.7 Å². The number of hydrogen-bond acceptors (Lipinski definition) is 3. The smallest absolute Gasteiger partial charge is 0.296 e. The summed E-state index contributed by atoms with van der Waals surface area (Å²) in [4.78, 5) is 11.9. The molecule has 7 heteroatoms. The Hall–Kier alpha value is -2.05. The minimum atomic E-state index is -2.58. The zero-order valence-corrected chi connectivity index (χ0v) is 13.4. The fourth-order valence-corrected chi connectivity index (χ4v) is 3.17. The van der Waals surface area contributed by atoms with Crippen molar-refractivity contribution in [3.8, 4) is 0 Å². The SMILES string of the molecule is Cc1cc(F)ccc1Cn1c(CC2CCC(F)(F)CC2)noc1=O. The van der Waals surface area contributed by atoms with Gasteiger partial charge in [-0.05, 0) is 48.9 Å². The normalized spacial score (nSPS) is 18.0. The topological polar surface area (TPSA) is 48.0 Å². The van der Waals surface area contributed by atoms with Crippen molar-refractivity contribution in [3.63, 3.8) is 0 Å². The van der Waals surface area contributed by atoms with Crippen LogP contribution in [-0.2, 0) is 13.0 Å². The molecule has 0 bridgehead atoms. The van der Waals surface area contributed by atoms with Gasteiger partial charge in [-0.25, -0.2) is 18.0 Å². The number of hydrogen-bond donors (Lipinski definition) is 0. The van der Waals surface area contributed by atoms with E-state index >= 15 is 0 Å². The van der Waals surface area contributed by atoms with Crippen LogP contribution in [0.15, 0.2) is 27.5 Å². The molecule has 1 aliphatic rings. The van der Waals surface area contributed by atoms with Gasteiger partial charge in [-0.1, -0.05) is 11.2 Å². The highest BCUT2D eigenvalue weighted by Crippen LogP contribution is 2.37. The first-order valence-corrected chi connectivity index (χ1v) is 8.02. The van der Waals surface area contributed by atoms with E-state index in [1.165, 1.54) is 16.7 Å². The molecular formula is C17H19F3N2O2. The number of aromatic nitrogens is 2. The Labute approximate surface area is 137 Å². The molecule has 0 radical (unpaired) electrons. The molecule has 0 saturated heterocycles. The van der Waals surface area contributed by atoms with Crippen molar-refractivity contribution in [1.29, 1.82) is 0 Å². The standard InChI is InChI=1S/C17H19F3N2O2/c1-11-8-14(18)3-2-13(11)10-22-15(21-24-16(22)23)9-12-4-6-17(19,20)7-5-12/h2-3,8,12H,4-7,9-10H2,1H3. The number of halogens is 3. The summed E-state index contributed by atoms with van der Waals surface area (Å²) in [6.45, 7) is 1.99. The van der Waals surface area contributed by atoms with E-state index < -0.39 is 11.7 Å². The van der Waals surface area contributed by atoms with Gasteiger partial charge in [-0.2, -0.15) is 0 Å². The van der Waals surface area contributed by atoms with Crippen LogP contribution < -0.4 is 5.76 Å². The van der Waals surface area contributed by atoms with Gasteiger partial charge < -0.3 is 0 Å². The first kappa shape index (κ1) is 16.8. The number of rotatable bonds is 4. The van der Waals surface area contributed by atoms with Gasteiger partial charge in [0, 0.05) is 19.3 Å². The van der Waals surface area contributed by atoms with Crippen LogP contribution in [0.4, 0.5) is 13.2 Å². The summed E-state index contributed by atoms with van der Waals surface area (Å²) >= 11 is 0. The van der Waals surface area contributed by atoms with Crippen LogP contribution in [0.25, 0.3) is 0 Å². The van der Waals surface area contributed by atoms with Gasteiger partial charge >= 0.3 is 5.76 Å². The second kappa shape index (κ2) is 6.45. The van der Waals surface area contributed by atoms with Crippen LogP contribution in [0.3, 0.4) is 0 Å². The molecule has 1 saturated carbocycles. The van der Waals surface area contributed by atoms with Crippen molar-refractivity contribution in [1.82, 2.24) is 9.72 Å². The van der Waals surface area contributed by atoms with Gasteiger partial charge in [0.05, 0.1) is 6.54 Å². The maximum Gasteiger partial charge on any atom is 0.441 e. The number of aryl methyl sites for hydroxylation is 1. The second-order valence-electron chi connectivity index (χ2n) is 6.53. The second-order valence-corrected chi connectivity index (χ2v) is 6.53. The third-order valence-corrected chi connectivity index (χ3v) is 4.70. The van der Waals surface area contributed by atoms with E-state index in [2.05, 4.69) is 5.16 Å². The summed E-state index contributed by atoms with van der Waals surface area (Å²) in [7, 11) is 0. The lowest BCUT2D eigenvalue weighted by Crippen LogP contribution is -2.27. The third-order valence-electron chi connectivity index (χ3n) is 4.70. The molecule has 1 aromatic heterocycles.